The fourth-order valence-corrected chi connectivity index (χ4v) is 12.0. The molecule has 0 atom stereocenters. The van der Waals surface area contributed by atoms with E-state index < -0.39 is 0 Å². The molecule has 0 N–H and O–H groups in total. The van der Waals surface area contributed by atoms with Gasteiger partial charge in [-0.05, 0) is 96.7 Å². The molecule has 58 heavy (non-hydrogen) atoms. The van der Waals surface area contributed by atoms with Gasteiger partial charge in [0.1, 0.15) is 0 Å². The van der Waals surface area contributed by atoms with E-state index in [0.717, 1.165) is 0 Å². The molecular formula is C54H30B2N2. The van der Waals surface area contributed by atoms with E-state index in [9.17, 15) is 0 Å². The van der Waals surface area contributed by atoms with Gasteiger partial charge in [-0.25, -0.2) is 0 Å². The molecular weight excluding hydrogens is 698 g/mol. The molecule has 0 bridgehead atoms. The van der Waals surface area contributed by atoms with Crippen molar-refractivity contribution in [3.8, 4) is 55.9 Å². The number of para-hydroxylation sites is 2. The van der Waals surface area contributed by atoms with Gasteiger partial charge in [-0.15, -0.1) is 0 Å². The second-order valence-electron chi connectivity index (χ2n) is 16.7. The van der Waals surface area contributed by atoms with Crippen molar-refractivity contribution < 1.29 is 0 Å². The van der Waals surface area contributed by atoms with E-state index >= 15 is 0 Å². The van der Waals surface area contributed by atoms with Crippen molar-refractivity contribution in [1.29, 1.82) is 0 Å². The molecule has 0 aliphatic carbocycles. The predicted octanol–water partition coefficient (Wildman–Crippen LogP) is 8.83. The van der Waals surface area contributed by atoms with Crippen molar-refractivity contribution in [2.24, 2.45) is 0 Å². The Morgan fingerprint density at radius 1 is 0.310 bits per heavy atom. The molecule has 0 fully saturated rings. The fourth-order valence-electron chi connectivity index (χ4n) is 12.0. The summed E-state index contributed by atoms with van der Waals surface area (Å²) in [4.78, 5) is 0. The number of hydrogen-bond acceptors (Lipinski definition) is 0. The quantitative estimate of drug-likeness (QED) is 0.158. The third-order valence-corrected chi connectivity index (χ3v) is 14.1. The summed E-state index contributed by atoms with van der Waals surface area (Å²) >= 11 is 0. The molecule has 0 amide bonds. The Morgan fingerprint density at radius 2 is 0.724 bits per heavy atom. The molecule has 4 heteroatoms. The van der Waals surface area contributed by atoms with Crippen molar-refractivity contribution in [1.82, 2.24) is 9.13 Å². The maximum Gasteiger partial charge on any atom is 0.248 e. The summed E-state index contributed by atoms with van der Waals surface area (Å²) < 4.78 is 5.28. The summed E-state index contributed by atoms with van der Waals surface area (Å²) in [5, 5.41) is 5.31. The van der Waals surface area contributed by atoms with E-state index in [1.165, 1.54) is 132 Å². The van der Waals surface area contributed by atoms with Gasteiger partial charge in [0.25, 0.3) is 0 Å². The summed E-state index contributed by atoms with van der Waals surface area (Å²) in [5.74, 6) is 0. The Balaban J connectivity index is 1.15. The van der Waals surface area contributed by atoms with Crippen LogP contribution in [0.5, 0.6) is 0 Å². The van der Waals surface area contributed by atoms with Crippen LogP contribution in [0.1, 0.15) is 0 Å². The lowest BCUT2D eigenvalue weighted by Gasteiger charge is -2.31. The number of nitrogens with zero attached hydrogens (tertiary/aromatic N) is 2. The Morgan fingerprint density at radius 3 is 1.21 bits per heavy atom. The van der Waals surface area contributed by atoms with Gasteiger partial charge in [0.05, 0.1) is 22.1 Å². The molecule has 11 aromatic rings. The van der Waals surface area contributed by atoms with Crippen molar-refractivity contribution in [2.45, 2.75) is 0 Å². The molecule has 0 unspecified atom stereocenters. The monoisotopic (exact) mass is 728 g/mol. The third kappa shape index (κ3) is 3.40. The Hall–Kier alpha value is -7.29. The molecule has 262 valence electrons. The first-order valence-corrected chi connectivity index (χ1v) is 20.5. The minimum atomic E-state index is 0.134. The van der Waals surface area contributed by atoms with Gasteiger partial charge in [0, 0.05) is 32.9 Å². The highest BCUT2D eigenvalue weighted by atomic mass is 15.0. The molecule has 0 saturated carbocycles. The molecule has 0 spiro atoms. The standard InChI is InChI=1S/C54H30B2N2/c1-3-15-31(16-4-1)37-27-39-33-19-7-11-23-41(33)55-43-29-44-48(30-47(43)57-45-25-13-9-21-35(45)49(37)53(57)51(39)55)58-46-26-14-10-22-36(46)50-38(32-17-5-2-6-18-32)28-40-34-20-8-12-24-42(34)56(44)52(40)54(50)58/h1-30H. The van der Waals surface area contributed by atoms with Crippen molar-refractivity contribution in [3.05, 3.63) is 182 Å². The lowest BCUT2D eigenvalue weighted by atomic mass is 9.34. The number of rotatable bonds is 2. The van der Waals surface area contributed by atoms with Crippen LogP contribution in [0.15, 0.2) is 182 Å². The van der Waals surface area contributed by atoms with Gasteiger partial charge in [-0.3, -0.25) is 0 Å². The number of fused-ring (bicyclic) bond motifs is 18. The second-order valence-corrected chi connectivity index (χ2v) is 16.7. The average Bonchev–Trinajstić information content (AvgIpc) is 4.02. The second kappa shape index (κ2) is 10.4. The number of hydrogen-bond donors (Lipinski definition) is 0. The van der Waals surface area contributed by atoms with E-state index in [0.29, 0.717) is 0 Å². The van der Waals surface area contributed by atoms with E-state index in [-0.39, 0.29) is 13.4 Å². The van der Waals surface area contributed by atoms with Gasteiger partial charge in [-0.1, -0.05) is 163 Å². The minimum Gasteiger partial charge on any atom is -0.310 e. The van der Waals surface area contributed by atoms with Crippen LogP contribution >= 0.6 is 0 Å². The van der Waals surface area contributed by atoms with E-state index in [2.05, 4.69) is 191 Å². The zero-order chi connectivity index (χ0) is 37.4. The first-order valence-electron chi connectivity index (χ1n) is 20.5. The fraction of sp³-hybridized carbons (Fsp3) is 0. The normalized spacial score (nSPS) is 13.4. The topological polar surface area (TPSA) is 9.86 Å². The Labute approximate surface area is 335 Å². The summed E-state index contributed by atoms with van der Waals surface area (Å²) in [5.41, 5.74) is 26.9. The molecule has 15 rings (SSSR count). The van der Waals surface area contributed by atoms with Crippen molar-refractivity contribution in [3.63, 3.8) is 0 Å². The smallest absolute Gasteiger partial charge is 0.248 e. The van der Waals surface area contributed by atoms with Gasteiger partial charge in [0.2, 0.25) is 13.4 Å². The lowest BCUT2D eigenvalue weighted by molar-refractivity contribution is 1.15. The van der Waals surface area contributed by atoms with Crippen LogP contribution in [0.2, 0.25) is 0 Å². The van der Waals surface area contributed by atoms with Crippen LogP contribution in [0, 0.1) is 0 Å². The maximum atomic E-state index is 2.64. The molecule has 2 nitrogen and oxygen atoms in total. The molecule has 0 radical (unpaired) electrons. The SMILES string of the molecule is c1ccc(-c2cc3c4c5c2c2ccccc2n5-c2cc5c(cc2B4c2ccccc2-3)B2c3ccccc3-c3cc(-c4ccccc4)c4c6ccccc6n-5c4c32)cc1. The molecule has 0 saturated heterocycles. The van der Waals surface area contributed by atoms with Crippen molar-refractivity contribution in [2.75, 3.05) is 0 Å². The molecule has 9 aromatic carbocycles. The highest BCUT2D eigenvalue weighted by Crippen LogP contribution is 2.46. The van der Waals surface area contributed by atoms with E-state index in [4.69, 9.17) is 0 Å². The molecule has 4 aliphatic rings. The Kier molecular flexibility index (Phi) is 5.34. The number of benzene rings is 9. The van der Waals surface area contributed by atoms with Crippen LogP contribution < -0.4 is 32.8 Å². The first kappa shape index (κ1) is 29.9. The third-order valence-electron chi connectivity index (χ3n) is 14.1. The van der Waals surface area contributed by atoms with Crippen LogP contribution in [-0.2, 0) is 0 Å². The van der Waals surface area contributed by atoms with Gasteiger partial charge >= 0.3 is 0 Å². The molecule has 6 heterocycles. The Bertz CT molecular complexity index is 3450. The van der Waals surface area contributed by atoms with Crippen molar-refractivity contribution >= 4 is 89.8 Å². The summed E-state index contributed by atoms with van der Waals surface area (Å²) in [6.07, 6.45) is 0. The van der Waals surface area contributed by atoms with Crippen LogP contribution in [-0.4, -0.2) is 22.6 Å². The van der Waals surface area contributed by atoms with Gasteiger partial charge in [0.15, 0.2) is 0 Å². The largest absolute Gasteiger partial charge is 0.310 e. The van der Waals surface area contributed by atoms with E-state index in [1.807, 2.05) is 0 Å². The predicted molar refractivity (Wildman–Crippen MR) is 246 cm³/mol. The number of aromatic nitrogens is 2. The summed E-state index contributed by atoms with van der Waals surface area (Å²) in [7, 11) is 0. The van der Waals surface area contributed by atoms with Gasteiger partial charge in [-0.2, -0.15) is 0 Å². The summed E-state index contributed by atoms with van der Waals surface area (Å²) in [6, 6.07) is 68.9. The van der Waals surface area contributed by atoms with E-state index in [1.54, 1.807) is 0 Å². The lowest BCUT2D eigenvalue weighted by Crippen LogP contribution is -2.58. The van der Waals surface area contributed by atoms with Crippen LogP contribution in [0.3, 0.4) is 0 Å². The first-order chi connectivity index (χ1) is 28.8. The highest BCUT2D eigenvalue weighted by molar-refractivity contribution is 7.04. The van der Waals surface area contributed by atoms with Gasteiger partial charge < -0.3 is 9.13 Å². The molecule has 4 aliphatic heterocycles. The van der Waals surface area contributed by atoms with Crippen LogP contribution in [0.25, 0.3) is 99.5 Å². The minimum absolute atomic E-state index is 0.134. The zero-order valence-corrected chi connectivity index (χ0v) is 31.4. The zero-order valence-electron chi connectivity index (χ0n) is 31.4. The maximum absolute atomic E-state index is 2.64. The average molecular weight is 728 g/mol. The molecule has 2 aromatic heterocycles. The van der Waals surface area contributed by atoms with Crippen LogP contribution in [0.4, 0.5) is 0 Å². The highest BCUT2D eigenvalue weighted by Gasteiger charge is 2.46. The summed E-state index contributed by atoms with van der Waals surface area (Å²) in [6.45, 7) is 0.269.